The van der Waals surface area contributed by atoms with Crippen LogP contribution in [0.4, 0.5) is 16.1 Å². The van der Waals surface area contributed by atoms with Gasteiger partial charge in [0.25, 0.3) is 5.91 Å². The van der Waals surface area contributed by atoms with E-state index in [1.54, 1.807) is 0 Å². The van der Waals surface area contributed by atoms with E-state index in [2.05, 4.69) is 20.8 Å². The zero-order valence-corrected chi connectivity index (χ0v) is 13.7. The topological polar surface area (TPSA) is 123 Å². The summed E-state index contributed by atoms with van der Waals surface area (Å²) in [5, 5.41) is 25.1. The summed E-state index contributed by atoms with van der Waals surface area (Å²) in [7, 11) is 0. The highest BCUT2D eigenvalue weighted by atomic mass is 32.1. The van der Waals surface area contributed by atoms with E-state index in [1.807, 2.05) is 0 Å². The number of carbonyl (C=O) groups excluding carboxylic acids is 1. The van der Waals surface area contributed by atoms with Gasteiger partial charge in [0.15, 0.2) is 5.76 Å². The fourth-order valence-electron chi connectivity index (χ4n) is 2.67. The largest absolute Gasteiger partial charge is 0.433 e. The number of nitrogens with one attached hydrogen (secondary N) is 2. The summed E-state index contributed by atoms with van der Waals surface area (Å²) < 4.78 is 4.84. The first kappa shape index (κ1) is 16.4. The van der Waals surface area contributed by atoms with E-state index in [1.165, 1.54) is 49.5 Å². The molecule has 1 aliphatic rings. The molecule has 0 atom stereocenters. The highest BCUT2D eigenvalue weighted by Crippen LogP contribution is 2.26. The summed E-state index contributed by atoms with van der Waals surface area (Å²) in [5.41, 5.74) is 0. The first-order chi connectivity index (χ1) is 11.6. The van der Waals surface area contributed by atoms with E-state index < -0.39 is 16.7 Å². The summed E-state index contributed by atoms with van der Waals surface area (Å²) in [6, 6.07) is 2.38. The Morgan fingerprint density at radius 3 is 2.75 bits per heavy atom. The molecule has 0 bridgehead atoms. The van der Waals surface area contributed by atoms with Crippen LogP contribution >= 0.6 is 11.3 Å². The van der Waals surface area contributed by atoms with Crippen molar-refractivity contribution in [3.63, 3.8) is 0 Å². The maximum Gasteiger partial charge on any atom is 0.433 e. The zero-order chi connectivity index (χ0) is 16.9. The zero-order valence-electron chi connectivity index (χ0n) is 12.9. The van der Waals surface area contributed by atoms with E-state index in [4.69, 9.17) is 4.42 Å². The molecule has 0 aromatic carbocycles. The maximum atomic E-state index is 12.0. The Bertz CT molecular complexity index is 722. The lowest BCUT2D eigenvalue weighted by Crippen LogP contribution is -2.16. The minimum atomic E-state index is -0.699. The normalized spacial score (nSPS) is 15.2. The number of rotatable bonds is 6. The van der Waals surface area contributed by atoms with Crippen LogP contribution in [-0.2, 0) is 0 Å². The second-order valence-electron chi connectivity index (χ2n) is 5.65. The van der Waals surface area contributed by atoms with Crippen molar-refractivity contribution < 1.29 is 14.1 Å². The van der Waals surface area contributed by atoms with Crippen molar-refractivity contribution in [1.82, 2.24) is 10.2 Å². The van der Waals surface area contributed by atoms with Crippen LogP contribution in [0.1, 0.15) is 42.7 Å². The Hall–Kier alpha value is -2.49. The highest BCUT2D eigenvalue weighted by Gasteiger charge is 2.19. The van der Waals surface area contributed by atoms with Gasteiger partial charge in [0.05, 0.1) is 6.07 Å². The van der Waals surface area contributed by atoms with Crippen molar-refractivity contribution >= 4 is 33.4 Å². The standard InChI is InChI=1S/C14H17N5O4S/c20-12(10-6-7-11(23-10)19(21)22)16-14-18-17-13(24-14)15-8-9-4-2-1-3-5-9/h6-7,9H,1-5,8H2,(H,15,17)(H,16,18,20). The van der Waals surface area contributed by atoms with Crippen molar-refractivity contribution in [3.8, 4) is 0 Å². The summed E-state index contributed by atoms with van der Waals surface area (Å²) in [6.45, 7) is 0.854. The molecule has 0 unspecified atom stereocenters. The lowest BCUT2D eigenvalue weighted by Gasteiger charge is -2.21. The van der Waals surface area contributed by atoms with E-state index in [9.17, 15) is 14.9 Å². The minimum Gasteiger partial charge on any atom is -0.395 e. The molecule has 0 radical (unpaired) electrons. The SMILES string of the molecule is O=C(Nc1nnc(NCC2CCCCC2)s1)c1ccc([N+](=O)[O-])o1. The van der Waals surface area contributed by atoms with Crippen LogP contribution in [-0.4, -0.2) is 27.6 Å². The molecule has 1 saturated carbocycles. The van der Waals surface area contributed by atoms with Gasteiger partial charge in [0.2, 0.25) is 10.3 Å². The van der Waals surface area contributed by atoms with E-state index in [0.29, 0.717) is 16.2 Å². The van der Waals surface area contributed by atoms with Crippen molar-refractivity contribution in [3.05, 3.63) is 28.0 Å². The number of furan rings is 1. The summed E-state index contributed by atoms with van der Waals surface area (Å²) in [6.07, 6.45) is 6.33. The van der Waals surface area contributed by atoms with Gasteiger partial charge in [0.1, 0.15) is 4.92 Å². The molecule has 10 heteroatoms. The molecule has 1 aliphatic carbocycles. The smallest absolute Gasteiger partial charge is 0.395 e. The number of amides is 1. The third-order valence-corrected chi connectivity index (χ3v) is 4.70. The second kappa shape index (κ2) is 7.39. The van der Waals surface area contributed by atoms with Crippen molar-refractivity contribution in [1.29, 1.82) is 0 Å². The van der Waals surface area contributed by atoms with Gasteiger partial charge in [-0.1, -0.05) is 30.6 Å². The molecule has 2 aromatic rings. The Labute approximate surface area is 141 Å². The van der Waals surface area contributed by atoms with Crippen LogP contribution in [0.3, 0.4) is 0 Å². The highest BCUT2D eigenvalue weighted by molar-refractivity contribution is 7.19. The number of carbonyl (C=O) groups is 1. The van der Waals surface area contributed by atoms with Crippen LogP contribution in [0.5, 0.6) is 0 Å². The third-order valence-electron chi connectivity index (χ3n) is 3.91. The van der Waals surface area contributed by atoms with Crippen LogP contribution in [0, 0.1) is 16.0 Å². The number of aromatic nitrogens is 2. The molecule has 3 rings (SSSR count). The molecule has 2 heterocycles. The number of anilines is 2. The molecular weight excluding hydrogens is 334 g/mol. The lowest BCUT2D eigenvalue weighted by atomic mass is 9.89. The fraction of sp³-hybridized carbons (Fsp3) is 0.500. The first-order valence-electron chi connectivity index (χ1n) is 7.75. The summed E-state index contributed by atoms with van der Waals surface area (Å²) in [5.74, 6) is -0.566. The number of hydrogen-bond donors (Lipinski definition) is 2. The van der Waals surface area contributed by atoms with Gasteiger partial charge in [-0.05, 0) is 24.8 Å². The van der Waals surface area contributed by atoms with E-state index in [0.717, 1.165) is 12.6 Å². The predicted octanol–water partition coefficient (Wildman–Crippen LogP) is 3.28. The van der Waals surface area contributed by atoms with Crippen LogP contribution in [0.15, 0.2) is 16.5 Å². The van der Waals surface area contributed by atoms with Crippen LogP contribution < -0.4 is 10.6 Å². The molecule has 128 valence electrons. The van der Waals surface area contributed by atoms with Crippen LogP contribution in [0.2, 0.25) is 0 Å². The lowest BCUT2D eigenvalue weighted by molar-refractivity contribution is -0.402. The quantitative estimate of drug-likeness (QED) is 0.604. The molecule has 9 nitrogen and oxygen atoms in total. The van der Waals surface area contributed by atoms with Crippen molar-refractivity contribution in [2.45, 2.75) is 32.1 Å². The maximum absolute atomic E-state index is 12.0. The molecule has 24 heavy (non-hydrogen) atoms. The van der Waals surface area contributed by atoms with Gasteiger partial charge in [-0.2, -0.15) is 0 Å². The van der Waals surface area contributed by atoms with Gasteiger partial charge in [0, 0.05) is 6.54 Å². The molecule has 2 aromatic heterocycles. The number of hydrogen-bond acceptors (Lipinski definition) is 8. The molecule has 0 spiro atoms. The fourth-order valence-corrected chi connectivity index (χ4v) is 3.32. The predicted molar refractivity (Wildman–Crippen MR) is 88.3 cm³/mol. The van der Waals surface area contributed by atoms with E-state index in [-0.39, 0.29) is 5.76 Å². The summed E-state index contributed by atoms with van der Waals surface area (Å²) >= 11 is 1.22. The van der Waals surface area contributed by atoms with Crippen molar-refractivity contribution in [2.24, 2.45) is 5.92 Å². The van der Waals surface area contributed by atoms with Gasteiger partial charge in [-0.25, -0.2) is 0 Å². The number of nitrogens with zero attached hydrogens (tertiary/aromatic N) is 3. The van der Waals surface area contributed by atoms with Crippen LogP contribution in [0.25, 0.3) is 0 Å². The average Bonchev–Trinajstić information content (AvgIpc) is 3.23. The van der Waals surface area contributed by atoms with Crippen molar-refractivity contribution in [2.75, 3.05) is 17.2 Å². The van der Waals surface area contributed by atoms with Gasteiger partial charge in [-0.3, -0.25) is 20.2 Å². The minimum absolute atomic E-state index is 0.145. The van der Waals surface area contributed by atoms with Gasteiger partial charge in [-0.15, -0.1) is 10.2 Å². The van der Waals surface area contributed by atoms with Gasteiger partial charge >= 0.3 is 5.88 Å². The Morgan fingerprint density at radius 1 is 1.29 bits per heavy atom. The van der Waals surface area contributed by atoms with Gasteiger partial charge < -0.3 is 9.73 Å². The molecule has 0 aliphatic heterocycles. The molecule has 0 saturated heterocycles. The molecule has 2 N–H and O–H groups in total. The molecule has 1 amide bonds. The first-order valence-corrected chi connectivity index (χ1v) is 8.56. The monoisotopic (exact) mass is 351 g/mol. The Kier molecular flexibility index (Phi) is 5.04. The Morgan fingerprint density at radius 2 is 2.04 bits per heavy atom. The Balaban J connectivity index is 1.52. The molecule has 1 fully saturated rings. The third kappa shape index (κ3) is 4.07. The second-order valence-corrected chi connectivity index (χ2v) is 6.62. The number of nitro groups is 1. The molecular formula is C14H17N5O4S. The van der Waals surface area contributed by atoms with E-state index >= 15 is 0 Å². The average molecular weight is 351 g/mol. The summed E-state index contributed by atoms with van der Waals surface area (Å²) in [4.78, 5) is 21.8.